The van der Waals surface area contributed by atoms with Gasteiger partial charge < -0.3 is 16.0 Å². The standard InChI is InChI=1S/C22H26F3N7O3/c1-21(2,3)17(31-20(35)22(23,24)25)19(34)29-14(8-11-4-5-11)18(33)30-15(9-26)16-12-10-28-32-13(12)6-7-27-16/h6-7,10-11,14-15,17H,4-5,8H2,1-3H3,(H,28,32)(H,29,34)(H,30,33)(H,31,35). The molecule has 0 aromatic carbocycles. The summed E-state index contributed by atoms with van der Waals surface area (Å²) in [7, 11) is 0. The molecule has 13 heteroatoms. The Hall–Kier alpha value is -3.69. The summed E-state index contributed by atoms with van der Waals surface area (Å²) >= 11 is 0. The van der Waals surface area contributed by atoms with Crippen LogP contribution in [0.15, 0.2) is 18.5 Å². The Bertz CT molecular complexity index is 1150. The van der Waals surface area contributed by atoms with E-state index in [1.165, 1.54) is 33.2 Å². The molecule has 2 aromatic heterocycles. The molecule has 2 heterocycles. The third kappa shape index (κ3) is 6.46. The Morgan fingerprint density at radius 3 is 2.43 bits per heavy atom. The minimum Gasteiger partial charge on any atom is -0.342 e. The van der Waals surface area contributed by atoms with E-state index >= 15 is 0 Å². The van der Waals surface area contributed by atoms with Crippen LogP contribution < -0.4 is 16.0 Å². The molecule has 2 aromatic rings. The minimum absolute atomic E-state index is 0.153. The van der Waals surface area contributed by atoms with E-state index in [1.54, 1.807) is 11.4 Å². The van der Waals surface area contributed by atoms with Crippen LogP contribution in [0.5, 0.6) is 0 Å². The monoisotopic (exact) mass is 493 g/mol. The van der Waals surface area contributed by atoms with Crippen molar-refractivity contribution in [3.8, 4) is 6.07 Å². The highest BCUT2D eigenvalue weighted by atomic mass is 19.4. The summed E-state index contributed by atoms with van der Waals surface area (Å²) < 4.78 is 38.4. The molecule has 35 heavy (non-hydrogen) atoms. The summed E-state index contributed by atoms with van der Waals surface area (Å²) in [4.78, 5) is 41.8. The van der Waals surface area contributed by atoms with Gasteiger partial charge in [-0.25, -0.2) is 0 Å². The van der Waals surface area contributed by atoms with Gasteiger partial charge in [-0.2, -0.15) is 23.5 Å². The zero-order chi connectivity index (χ0) is 26.0. The van der Waals surface area contributed by atoms with E-state index in [9.17, 15) is 32.8 Å². The van der Waals surface area contributed by atoms with Crippen molar-refractivity contribution < 1.29 is 27.6 Å². The Balaban J connectivity index is 1.79. The second kappa shape index (κ2) is 9.89. The lowest BCUT2D eigenvalue weighted by Crippen LogP contribution is -2.59. The molecular formula is C22H26F3N7O3. The Morgan fingerprint density at radius 2 is 1.86 bits per heavy atom. The fraction of sp³-hybridized carbons (Fsp3) is 0.545. The first-order valence-corrected chi connectivity index (χ1v) is 11.0. The fourth-order valence-corrected chi connectivity index (χ4v) is 3.59. The van der Waals surface area contributed by atoms with E-state index < -0.39 is 47.4 Å². The molecule has 1 saturated carbocycles. The number of nitrogens with one attached hydrogen (secondary N) is 4. The number of aromatic amines is 1. The number of pyridine rings is 1. The van der Waals surface area contributed by atoms with Crippen molar-refractivity contribution in [1.82, 2.24) is 31.1 Å². The molecule has 0 bridgehead atoms. The number of amides is 3. The van der Waals surface area contributed by atoms with Gasteiger partial charge in [-0.1, -0.05) is 33.6 Å². The largest absolute Gasteiger partial charge is 0.471 e. The van der Waals surface area contributed by atoms with Gasteiger partial charge >= 0.3 is 12.1 Å². The predicted molar refractivity (Wildman–Crippen MR) is 117 cm³/mol. The number of alkyl halides is 3. The lowest BCUT2D eigenvalue weighted by molar-refractivity contribution is -0.175. The smallest absolute Gasteiger partial charge is 0.342 e. The lowest BCUT2D eigenvalue weighted by atomic mass is 9.85. The van der Waals surface area contributed by atoms with Gasteiger partial charge in [0.25, 0.3) is 0 Å². The van der Waals surface area contributed by atoms with Crippen LogP contribution in [0.2, 0.25) is 0 Å². The van der Waals surface area contributed by atoms with Crippen molar-refractivity contribution >= 4 is 28.6 Å². The quantitative estimate of drug-likeness (QED) is 0.441. The average molecular weight is 493 g/mol. The second-order valence-corrected chi connectivity index (χ2v) is 9.61. The van der Waals surface area contributed by atoms with Gasteiger partial charge in [0.05, 0.1) is 23.5 Å². The predicted octanol–water partition coefficient (Wildman–Crippen LogP) is 2.02. The molecule has 1 fully saturated rings. The van der Waals surface area contributed by atoms with Crippen LogP contribution in [0.3, 0.4) is 0 Å². The number of nitriles is 1. The van der Waals surface area contributed by atoms with Crippen molar-refractivity contribution in [3.05, 3.63) is 24.2 Å². The fourth-order valence-electron chi connectivity index (χ4n) is 3.59. The molecule has 0 aliphatic heterocycles. The number of nitrogens with zero attached hydrogens (tertiary/aromatic N) is 3. The third-order valence-electron chi connectivity index (χ3n) is 5.65. The van der Waals surface area contributed by atoms with E-state index in [0.717, 1.165) is 12.8 Å². The topological polar surface area (TPSA) is 153 Å². The van der Waals surface area contributed by atoms with Crippen LogP contribution >= 0.6 is 0 Å². The molecule has 0 radical (unpaired) electrons. The van der Waals surface area contributed by atoms with Crippen LogP contribution in [0.25, 0.3) is 10.9 Å². The molecule has 3 unspecified atom stereocenters. The highest BCUT2D eigenvalue weighted by Gasteiger charge is 2.44. The molecule has 3 atom stereocenters. The summed E-state index contributed by atoms with van der Waals surface area (Å²) in [6.45, 7) is 4.48. The maximum atomic E-state index is 13.1. The van der Waals surface area contributed by atoms with Crippen molar-refractivity contribution in [3.63, 3.8) is 0 Å². The van der Waals surface area contributed by atoms with Crippen LogP contribution in [0.1, 0.15) is 51.8 Å². The normalized spacial score (nSPS) is 16.6. The van der Waals surface area contributed by atoms with Gasteiger partial charge in [0.2, 0.25) is 11.8 Å². The molecule has 4 N–H and O–H groups in total. The average Bonchev–Trinajstić information content (AvgIpc) is 3.45. The summed E-state index contributed by atoms with van der Waals surface area (Å²) in [6.07, 6.45) is -0.337. The highest BCUT2D eigenvalue weighted by Crippen LogP contribution is 2.34. The third-order valence-corrected chi connectivity index (χ3v) is 5.65. The number of halogens is 3. The van der Waals surface area contributed by atoms with Gasteiger partial charge in [-0.15, -0.1) is 0 Å². The molecule has 3 amide bonds. The first-order valence-electron chi connectivity index (χ1n) is 11.0. The van der Waals surface area contributed by atoms with Crippen molar-refractivity contribution in [2.24, 2.45) is 11.3 Å². The number of carbonyl (C=O) groups is 3. The number of hydrogen-bond donors (Lipinski definition) is 4. The van der Waals surface area contributed by atoms with E-state index in [1.807, 2.05) is 6.07 Å². The number of fused-ring (bicyclic) bond motifs is 1. The number of H-pyrrole nitrogens is 1. The Morgan fingerprint density at radius 1 is 1.17 bits per heavy atom. The summed E-state index contributed by atoms with van der Waals surface area (Å²) in [5.41, 5.74) is -0.212. The first kappa shape index (κ1) is 25.9. The molecular weight excluding hydrogens is 467 g/mol. The molecule has 0 spiro atoms. The SMILES string of the molecule is CC(C)(C)C(NC(=O)C(F)(F)F)C(=O)NC(CC1CC1)C(=O)NC(C#N)c1nccc2[nH]ncc12. The molecule has 1 aliphatic rings. The van der Waals surface area contributed by atoms with Gasteiger partial charge in [-0.3, -0.25) is 24.5 Å². The van der Waals surface area contributed by atoms with Crippen molar-refractivity contribution in [2.75, 3.05) is 0 Å². The molecule has 10 nitrogen and oxygen atoms in total. The number of carbonyl (C=O) groups excluding carboxylic acids is 3. The molecule has 1 aliphatic carbocycles. The maximum absolute atomic E-state index is 13.1. The van der Waals surface area contributed by atoms with E-state index in [4.69, 9.17) is 0 Å². The van der Waals surface area contributed by atoms with Gasteiger partial charge in [0.1, 0.15) is 12.1 Å². The van der Waals surface area contributed by atoms with Crippen LogP contribution in [0, 0.1) is 22.7 Å². The summed E-state index contributed by atoms with van der Waals surface area (Å²) in [5.74, 6) is -3.71. The van der Waals surface area contributed by atoms with Gasteiger partial charge in [0, 0.05) is 11.6 Å². The second-order valence-electron chi connectivity index (χ2n) is 9.61. The Kier molecular flexibility index (Phi) is 7.33. The van der Waals surface area contributed by atoms with Crippen molar-refractivity contribution in [1.29, 1.82) is 5.26 Å². The van der Waals surface area contributed by atoms with E-state index in [-0.39, 0.29) is 18.0 Å². The van der Waals surface area contributed by atoms with Crippen LogP contribution in [0.4, 0.5) is 13.2 Å². The minimum atomic E-state index is -5.17. The molecule has 0 saturated heterocycles. The maximum Gasteiger partial charge on any atom is 0.471 e. The van der Waals surface area contributed by atoms with E-state index in [0.29, 0.717) is 10.9 Å². The Labute approximate surface area is 199 Å². The van der Waals surface area contributed by atoms with Gasteiger partial charge in [0.15, 0.2) is 6.04 Å². The van der Waals surface area contributed by atoms with E-state index in [2.05, 4.69) is 25.8 Å². The number of rotatable bonds is 8. The number of hydrogen-bond acceptors (Lipinski definition) is 6. The van der Waals surface area contributed by atoms with Crippen LogP contribution in [-0.2, 0) is 14.4 Å². The first-order chi connectivity index (χ1) is 16.3. The van der Waals surface area contributed by atoms with Gasteiger partial charge in [-0.05, 0) is 23.8 Å². The summed E-state index contributed by atoms with van der Waals surface area (Å²) in [6, 6.07) is -0.221. The zero-order valence-corrected chi connectivity index (χ0v) is 19.4. The highest BCUT2D eigenvalue weighted by molar-refractivity contribution is 5.94. The summed E-state index contributed by atoms with van der Waals surface area (Å²) in [5, 5.41) is 23.6. The zero-order valence-electron chi connectivity index (χ0n) is 19.4. The number of aromatic nitrogens is 3. The van der Waals surface area contributed by atoms with Crippen LogP contribution in [-0.4, -0.2) is 51.2 Å². The molecule has 188 valence electrons. The van der Waals surface area contributed by atoms with Crippen molar-refractivity contribution in [2.45, 2.75) is 64.3 Å². The molecule has 3 rings (SSSR count). The lowest BCUT2D eigenvalue weighted by Gasteiger charge is -2.32.